The first-order chi connectivity index (χ1) is 9.58. The number of hydrogen-bond acceptors (Lipinski definition) is 3. The number of aliphatic hydroxyl groups excluding tert-OH is 1. The van der Waals surface area contributed by atoms with E-state index in [1.165, 1.54) is 0 Å². The van der Waals surface area contributed by atoms with Crippen LogP contribution < -0.4 is 5.73 Å². The topological polar surface area (TPSA) is 64.1 Å². The summed E-state index contributed by atoms with van der Waals surface area (Å²) < 4.78 is 1.99. The van der Waals surface area contributed by atoms with E-state index in [0.29, 0.717) is 18.9 Å². The Labute approximate surface area is 120 Å². The first-order valence-corrected chi connectivity index (χ1v) is 7.41. The average Bonchev–Trinajstić information content (AvgIpc) is 2.77. The Morgan fingerprint density at radius 1 is 1.30 bits per heavy atom. The molecular weight excluding hydrogens is 250 g/mol. The summed E-state index contributed by atoms with van der Waals surface area (Å²) >= 11 is 0. The highest BCUT2D eigenvalue weighted by Crippen LogP contribution is 2.23. The second kappa shape index (κ2) is 6.37. The molecule has 4 heteroatoms. The molecule has 0 spiro atoms. The Bertz CT molecular complexity index is 562. The van der Waals surface area contributed by atoms with Crippen molar-refractivity contribution in [1.29, 1.82) is 0 Å². The number of aliphatic hydroxyl groups is 1. The van der Waals surface area contributed by atoms with E-state index in [4.69, 9.17) is 5.73 Å². The zero-order valence-electron chi connectivity index (χ0n) is 12.6. The SMILES string of the molecule is CCn1nc(CC(O)C(CN)C(C)C)c2ccccc21. The third kappa shape index (κ3) is 2.86. The van der Waals surface area contributed by atoms with Gasteiger partial charge in [-0.2, -0.15) is 5.10 Å². The maximum absolute atomic E-state index is 10.4. The van der Waals surface area contributed by atoms with Gasteiger partial charge in [-0.1, -0.05) is 32.0 Å². The second-order valence-electron chi connectivity index (χ2n) is 5.69. The first-order valence-electron chi connectivity index (χ1n) is 7.41. The lowest BCUT2D eigenvalue weighted by Gasteiger charge is -2.24. The lowest BCUT2D eigenvalue weighted by molar-refractivity contribution is 0.0856. The fraction of sp³-hybridized carbons (Fsp3) is 0.562. The maximum atomic E-state index is 10.4. The molecule has 3 N–H and O–H groups in total. The van der Waals surface area contributed by atoms with Crippen LogP contribution in [0.25, 0.3) is 10.9 Å². The van der Waals surface area contributed by atoms with Crippen molar-refractivity contribution in [2.45, 2.75) is 39.8 Å². The van der Waals surface area contributed by atoms with E-state index in [2.05, 4.69) is 38.0 Å². The van der Waals surface area contributed by atoms with Crippen molar-refractivity contribution in [1.82, 2.24) is 9.78 Å². The van der Waals surface area contributed by atoms with Crippen molar-refractivity contribution in [3.05, 3.63) is 30.0 Å². The predicted octanol–water partition coefficient (Wildman–Crippen LogP) is 2.19. The van der Waals surface area contributed by atoms with Crippen LogP contribution in [0.3, 0.4) is 0 Å². The van der Waals surface area contributed by atoms with Crippen molar-refractivity contribution < 1.29 is 5.11 Å². The van der Waals surface area contributed by atoms with Crippen LogP contribution in [0.15, 0.2) is 24.3 Å². The number of hydrogen-bond donors (Lipinski definition) is 2. The molecule has 0 saturated carbocycles. The molecule has 2 unspecified atom stereocenters. The van der Waals surface area contributed by atoms with E-state index in [9.17, 15) is 5.11 Å². The minimum Gasteiger partial charge on any atom is -0.392 e. The summed E-state index contributed by atoms with van der Waals surface area (Å²) in [5, 5.41) is 16.2. The molecule has 0 aliphatic carbocycles. The van der Waals surface area contributed by atoms with Gasteiger partial charge >= 0.3 is 0 Å². The molecule has 2 atom stereocenters. The van der Waals surface area contributed by atoms with E-state index in [1.54, 1.807) is 0 Å². The van der Waals surface area contributed by atoms with E-state index in [-0.39, 0.29) is 5.92 Å². The normalized spacial score (nSPS) is 14.9. The molecular formula is C16H25N3O. The number of nitrogens with two attached hydrogens (primary N) is 1. The quantitative estimate of drug-likeness (QED) is 0.849. The molecule has 2 aromatic rings. The van der Waals surface area contributed by atoms with Gasteiger partial charge in [0.05, 0.1) is 17.3 Å². The summed E-state index contributed by atoms with van der Waals surface area (Å²) in [6.45, 7) is 7.62. The van der Waals surface area contributed by atoms with Crippen LogP contribution >= 0.6 is 0 Å². The molecule has 4 nitrogen and oxygen atoms in total. The Hall–Kier alpha value is -1.39. The van der Waals surface area contributed by atoms with Crippen molar-refractivity contribution in [3.63, 3.8) is 0 Å². The molecule has 1 aromatic heterocycles. The summed E-state index contributed by atoms with van der Waals surface area (Å²) in [5.74, 6) is 0.482. The second-order valence-corrected chi connectivity index (χ2v) is 5.69. The lowest BCUT2D eigenvalue weighted by atomic mass is 9.88. The van der Waals surface area contributed by atoms with Crippen molar-refractivity contribution in [3.8, 4) is 0 Å². The third-order valence-corrected chi connectivity index (χ3v) is 4.06. The molecule has 0 fully saturated rings. The average molecular weight is 275 g/mol. The Morgan fingerprint density at radius 3 is 2.60 bits per heavy atom. The minimum absolute atomic E-state index is 0.112. The highest BCUT2D eigenvalue weighted by Gasteiger charge is 2.23. The molecule has 0 aliphatic heterocycles. The van der Waals surface area contributed by atoms with Crippen molar-refractivity contribution in [2.75, 3.05) is 6.54 Å². The first kappa shape index (κ1) is 15.0. The van der Waals surface area contributed by atoms with E-state index < -0.39 is 6.10 Å². The number of nitrogens with zero attached hydrogens (tertiary/aromatic N) is 2. The number of fused-ring (bicyclic) bond motifs is 1. The third-order valence-electron chi connectivity index (χ3n) is 4.06. The molecule has 0 radical (unpaired) electrons. The van der Waals surface area contributed by atoms with Crippen molar-refractivity contribution >= 4 is 10.9 Å². The molecule has 0 amide bonds. The summed E-state index contributed by atoms with van der Waals surface area (Å²) in [6, 6.07) is 8.18. The number of aromatic nitrogens is 2. The van der Waals surface area contributed by atoms with Crippen LogP contribution in [0.1, 0.15) is 26.5 Å². The van der Waals surface area contributed by atoms with E-state index in [1.807, 2.05) is 16.8 Å². The van der Waals surface area contributed by atoms with Gasteiger partial charge in [0.1, 0.15) is 0 Å². The zero-order valence-corrected chi connectivity index (χ0v) is 12.6. The number of aryl methyl sites for hydroxylation is 1. The van der Waals surface area contributed by atoms with Gasteiger partial charge in [0.2, 0.25) is 0 Å². The number of rotatable bonds is 6. The van der Waals surface area contributed by atoms with Gasteiger partial charge < -0.3 is 10.8 Å². The molecule has 0 bridgehead atoms. The molecule has 2 rings (SSSR count). The molecule has 0 aliphatic rings. The smallest absolute Gasteiger partial charge is 0.0729 e. The minimum atomic E-state index is -0.441. The summed E-state index contributed by atoms with van der Waals surface area (Å²) in [7, 11) is 0. The van der Waals surface area contributed by atoms with E-state index in [0.717, 1.165) is 23.1 Å². The van der Waals surface area contributed by atoms with Gasteiger partial charge in [0, 0.05) is 18.4 Å². The summed E-state index contributed by atoms with van der Waals surface area (Å²) in [5.41, 5.74) is 7.88. The van der Waals surface area contributed by atoms with Gasteiger partial charge in [-0.15, -0.1) is 0 Å². The summed E-state index contributed by atoms with van der Waals surface area (Å²) in [6.07, 6.45) is 0.122. The van der Waals surface area contributed by atoms with Gasteiger partial charge in [-0.25, -0.2) is 0 Å². The van der Waals surface area contributed by atoms with Gasteiger partial charge in [-0.3, -0.25) is 4.68 Å². The largest absolute Gasteiger partial charge is 0.392 e. The lowest BCUT2D eigenvalue weighted by Crippen LogP contribution is -2.33. The van der Waals surface area contributed by atoms with Crippen LogP contribution in [-0.4, -0.2) is 27.5 Å². The van der Waals surface area contributed by atoms with Gasteiger partial charge in [0.25, 0.3) is 0 Å². The highest BCUT2D eigenvalue weighted by molar-refractivity contribution is 5.82. The Balaban J connectivity index is 2.29. The van der Waals surface area contributed by atoms with E-state index >= 15 is 0 Å². The fourth-order valence-corrected chi connectivity index (χ4v) is 2.81. The number of para-hydroxylation sites is 1. The van der Waals surface area contributed by atoms with Crippen LogP contribution in [-0.2, 0) is 13.0 Å². The standard InChI is InChI=1S/C16H25N3O/c1-4-19-15-8-6-5-7-12(15)14(18-19)9-16(20)13(10-17)11(2)3/h5-8,11,13,16,20H,4,9-10,17H2,1-3H3. The molecule has 110 valence electrons. The maximum Gasteiger partial charge on any atom is 0.0729 e. The van der Waals surface area contributed by atoms with Crippen LogP contribution in [0.4, 0.5) is 0 Å². The van der Waals surface area contributed by atoms with Gasteiger partial charge in [0.15, 0.2) is 0 Å². The Kier molecular flexibility index (Phi) is 4.78. The fourth-order valence-electron chi connectivity index (χ4n) is 2.81. The Morgan fingerprint density at radius 2 is 2.00 bits per heavy atom. The van der Waals surface area contributed by atoms with Crippen LogP contribution in [0.5, 0.6) is 0 Å². The monoisotopic (exact) mass is 275 g/mol. The van der Waals surface area contributed by atoms with Crippen molar-refractivity contribution in [2.24, 2.45) is 17.6 Å². The highest BCUT2D eigenvalue weighted by atomic mass is 16.3. The number of benzene rings is 1. The molecule has 1 heterocycles. The molecule has 20 heavy (non-hydrogen) atoms. The van der Waals surface area contributed by atoms with Gasteiger partial charge in [-0.05, 0) is 31.4 Å². The molecule has 0 saturated heterocycles. The zero-order chi connectivity index (χ0) is 14.7. The predicted molar refractivity (Wildman–Crippen MR) is 82.5 cm³/mol. The van der Waals surface area contributed by atoms with Crippen LogP contribution in [0.2, 0.25) is 0 Å². The summed E-state index contributed by atoms with van der Waals surface area (Å²) in [4.78, 5) is 0. The van der Waals surface area contributed by atoms with Crippen LogP contribution in [0, 0.1) is 11.8 Å². The molecule has 1 aromatic carbocycles.